The Morgan fingerprint density at radius 1 is 1.34 bits per heavy atom. The van der Waals surface area contributed by atoms with Crippen LogP contribution in [0.25, 0.3) is 0 Å². The molecule has 0 saturated carbocycles. The maximum absolute atomic E-state index is 14.9. The van der Waals surface area contributed by atoms with E-state index in [1.165, 1.54) is 23.1 Å². The molecule has 2 saturated heterocycles. The van der Waals surface area contributed by atoms with E-state index < -0.39 is 18.0 Å². The lowest BCUT2D eigenvalue weighted by atomic mass is 10.1. The number of amides is 3. The molecule has 178 valence electrons. The molecule has 0 spiro atoms. The number of likely N-dealkylation sites (N-methyl/N-ethyl adjacent to an activating group) is 1. The number of urea groups is 1. The summed E-state index contributed by atoms with van der Waals surface area (Å²) in [4.78, 5) is 32.9. The third-order valence-corrected chi connectivity index (χ3v) is 5.67. The van der Waals surface area contributed by atoms with Crippen LogP contribution in [0.2, 0.25) is 0 Å². The number of rotatable bonds is 9. The molecule has 32 heavy (non-hydrogen) atoms. The van der Waals surface area contributed by atoms with Gasteiger partial charge in [-0.05, 0) is 38.0 Å². The van der Waals surface area contributed by atoms with Crippen LogP contribution >= 0.6 is 0 Å². The number of carbonyl (C=O) groups excluding carboxylic acids is 2. The second kappa shape index (κ2) is 11.3. The van der Waals surface area contributed by atoms with Gasteiger partial charge in [0.05, 0.1) is 31.6 Å². The van der Waals surface area contributed by atoms with Crippen LogP contribution in [-0.4, -0.2) is 82.4 Å². The molecule has 1 aromatic carbocycles. The fraction of sp³-hybridized carbons (Fsp3) is 0.619. The maximum atomic E-state index is 14.9. The van der Waals surface area contributed by atoms with Gasteiger partial charge in [-0.3, -0.25) is 9.74 Å². The first-order valence-electron chi connectivity index (χ1n) is 10.9. The van der Waals surface area contributed by atoms with Gasteiger partial charge in [0.25, 0.3) is 0 Å². The van der Waals surface area contributed by atoms with Gasteiger partial charge in [0, 0.05) is 38.9 Å². The number of halogens is 1. The van der Waals surface area contributed by atoms with Crippen molar-refractivity contribution in [2.24, 2.45) is 5.73 Å². The fourth-order valence-corrected chi connectivity index (χ4v) is 3.80. The first-order valence-corrected chi connectivity index (χ1v) is 10.9. The molecule has 3 amide bonds. The van der Waals surface area contributed by atoms with Crippen LogP contribution in [0.5, 0.6) is 0 Å². The highest BCUT2D eigenvalue weighted by Gasteiger charge is 2.32. The number of carbonyl (C=O) groups is 2. The Labute approximate surface area is 187 Å². The summed E-state index contributed by atoms with van der Waals surface area (Å²) >= 11 is 0. The molecule has 2 fully saturated rings. The van der Waals surface area contributed by atoms with E-state index in [4.69, 9.17) is 20.0 Å². The summed E-state index contributed by atoms with van der Waals surface area (Å²) in [5.74, 6) is -0.469. The summed E-state index contributed by atoms with van der Waals surface area (Å²) < 4.78 is 25.4. The van der Waals surface area contributed by atoms with Crippen molar-refractivity contribution in [1.29, 1.82) is 0 Å². The minimum absolute atomic E-state index is 0.0531. The number of hydrogen-bond acceptors (Lipinski definition) is 7. The van der Waals surface area contributed by atoms with E-state index in [2.05, 4.69) is 5.32 Å². The van der Waals surface area contributed by atoms with Crippen molar-refractivity contribution in [2.75, 3.05) is 62.8 Å². The number of benzene rings is 1. The van der Waals surface area contributed by atoms with E-state index in [0.717, 1.165) is 12.8 Å². The van der Waals surface area contributed by atoms with Crippen molar-refractivity contribution >= 4 is 23.5 Å². The Hall–Kier alpha value is -2.63. The van der Waals surface area contributed by atoms with Crippen molar-refractivity contribution in [2.45, 2.75) is 31.9 Å². The van der Waals surface area contributed by atoms with Gasteiger partial charge in [-0.15, -0.1) is 0 Å². The highest BCUT2D eigenvalue weighted by molar-refractivity contribution is 5.90. The van der Waals surface area contributed by atoms with Crippen molar-refractivity contribution in [3.63, 3.8) is 0 Å². The smallest absolute Gasteiger partial charge is 0.414 e. The standard InChI is InChI=1S/C21H32FN5O5/c1-3-25(8-9-27(30-2)20(28)24-15-6-10-31-11-7-15)19-5-4-16(12-18(19)22)26-14-17(13-23)32-21(26)29/h4-5,12,15,17H,3,6-11,13-14,23H2,1-2H3,(H,24,28)/t17-/m0/s1. The number of nitrogens with one attached hydrogen (secondary N) is 1. The van der Waals surface area contributed by atoms with Crippen LogP contribution in [0.4, 0.5) is 25.4 Å². The lowest BCUT2D eigenvalue weighted by Crippen LogP contribution is -2.48. The van der Waals surface area contributed by atoms with E-state index in [1.807, 2.05) is 6.92 Å². The Morgan fingerprint density at radius 2 is 2.09 bits per heavy atom. The van der Waals surface area contributed by atoms with Crippen LogP contribution in [0, 0.1) is 5.82 Å². The zero-order valence-corrected chi connectivity index (χ0v) is 18.6. The summed E-state index contributed by atoms with van der Waals surface area (Å²) in [5, 5.41) is 4.18. The zero-order valence-electron chi connectivity index (χ0n) is 18.6. The third kappa shape index (κ3) is 5.78. The van der Waals surface area contributed by atoms with Crippen molar-refractivity contribution in [3.8, 4) is 0 Å². The van der Waals surface area contributed by atoms with Crippen molar-refractivity contribution in [1.82, 2.24) is 10.4 Å². The van der Waals surface area contributed by atoms with Crippen LogP contribution in [0.3, 0.4) is 0 Å². The largest absolute Gasteiger partial charge is 0.443 e. The molecule has 2 heterocycles. The maximum Gasteiger partial charge on any atom is 0.414 e. The second-order valence-corrected chi connectivity index (χ2v) is 7.69. The van der Waals surface area contributed by atoms with E-state index in [9.17, 15) is 14.0 Å². The predicted octanol–water partition coefficient (Wildman–Crippen LogP) is 1.69. The number of hydrogen-bond donors (Lipinski definition) is 2. The zero-order chi connectivity index (χ0) is 23.1. The topological polar surface area (TPSA) is 110 Å². The monoisotopic (exact) mass is 453 g/mol. The average Bonchev–Trinajstić information content (AvgIpc) is 3.18. The van der Waals surface area contributed by atoms with Crippen molar-refractivity contribution in [3.05, 3.63) is 24.0 Å². The van der Waals surface area contributed by atoms with Crippen LogP contribution in [0.15, 0.2) is 18.2 Å². The van der Waals surface area contributed by atoms with Gasteiger partial charge in [-0.2, -0.15) is 0 Å². The Balaban J connectivity index is 1.60. The molecule has 0 unspecified atom stereocenters. The quantitative estimate of drug-likeness (QED) is 0.548. The van der Waals surface area contributed by atoms with Crippen LogP contribution in [-0.2, 0) is 14.3 Å². The molecular formula is C21H32FN5O5. The van der Waals surface area contributed by atoms with E-state index in [-0.39, 0.29) is 31.7 Å². The first kappa shape index (κ1) is 24.0. The minimum Gasteiger partial charge on any atom is -0.443 e. The number of nitrogens with two attached hydrogens (primary N) is 1. The molecule has 2 aliphatic heterocycles. The van der Waals surface area contributed by atoms with Gasteiger partial charge in [-0.25, -0.2) is 19.0 Å². The molecule has 0 aliphatic carbocycles. The second-order valence-electron chi connectivity index (χ2n) is 7.69. The molecule has 3 N–H and O–H groups in total. The van der Waals surface area contributed by atoms with Crippen LogP contribution < -0.4 is 20.9 Å². The minimum atomic E-state index is -0.536. The van der Waals surface area contributed by atoms with Crippen LogP contribution in [0.1, 0.15) is 19.8 Å². The SMILES string of the molecule is CCN(CCN(OC)C(=O)NC1CCOCC1)c1ccc(N2C[C@H](CN)OC2=O)cc1F. The lowest BCUT2D eigenvalue weighted by Gasteiger charge is -2.30. The Bertz CT molecular complexity index is 792. The molecule has 0 aromatic heterocycles. The molecular weight excluding hydrogens is 421 g/mol. The van der Waals surface area contributed by atoms with Crippen molar-refractivity contribution < 1.29 is 28.3 Å². The lowest BCUT2D eigenvalue weighted by molar-refractivity contribution is -0.0855. The molecule has 11 heteroatoms. The third-order valence-electron chi connectivity index (χ3n) is 5.67. The Morgan fingerprint density at radius 3 is 2.69 bits per heavy atom. The fourth-order valence-electron chi connectivity index (χ4n) is 3.80. The Kier molecular flexibility index (Phi) is 8.48. The number of ether oxygens (including phenoxy) is 2. The molecule has 1 aromatic rings. The average molecular weight is 454 g/mol. The van der Waals surface area contributed by atoms with Gasteiger partial charge in [-0.1, -0.05) is 0 Å². The number of nitrogens with zero attached hydrogens (tertiary/aromatic N) is 3. The normalized spacial score (nSPS) is 19.1. The number of anilines is 2. The molecule has 10 nitrogen and oxygen atoms in total. The molecule has 2 aliphatic rings. The summed E-state index contributed by atoms with van der Waals surface area (Å²) in [6.45, 7) is 4.78. The summed E-state index contributed by atoms with van der Waals surface area (Å²) in [6.07, 6.45) is 0.591. The highest BCUT2D eigenvalue weighted by Crippen LogP contribution is 2.27. The number of cyclic esters (lactones) is 1. The summed E-state index contributed by atoms with van der Waals surface area (Å²) in [5.41, 5.74) is 6.35. The highest BCUT2D eigenvalue weighted by atomic mass is 19.1. The summed E-state index contributed by atoms with van der Waals surface area (Å²) in [7, 11) is 1.43. The molecule has 0 radical (unpaired) electrons. The molecule has 3 rings (SSSR count). The van der Waals surface area contributed by atoms with E-state index in [1.54, 1.807) is 17.0 Å². The predicted molar refractivity (Wildman–Crippen MR) is 117 cm³/mol. The van der Waals surface area contributed by atoms with Gasteiger partial charge in [0.2, 0.25) is 0 Å². The molecule has 0 bridgehead atoms. The van der Waals surface area contributed by atoms with Gasteiger partial charge in [0.15, 0.2) is 0 Å². The van der Waals surface area contributed by atoms with E-state index >= 15 is 0 Å². The van der Waals surface area contributed by atoms with E-state index in [0.29, 0.717) is 37.7 Å². The van der Waals surface area contributed by atoms with Gasteiger partial charge >= 0.3 is 12.1 Å². The number of hydroxylamine groups is 2. The molecule has 1 atom stereocenters. The first-order chi connectivity index (χ1) is 15.5. The summed E-state index contributed by atoms with van der Waals surface area (Å²) in [6, 6.07) is 4.33. The van der Waals surface area contributed by atoms with Gasteiger partial charge < -0.3 is 25.4 Å². The van der Waals surface area contributed by atoms with Gasteiger partial charge in [0.1, 0.15) is 11.9 Å².